The van der Waals surface area contributed by atoms with Crippen LogP contribution in [0, 0.1) is 5.41 Å². The van der Waals surface area contributed by atoms with Crippen LogP contribution in [-0.2, 0) is 0 Å². The molecule has 0 aliphatic heterocycles. The van der Waals surface area contributed by atoms with Crippen molar-refractivity contribution in [2.24, 2.45) is 5.41 Å². The highest BCUT2D eigenvalue weighted by Crippen LogP contribution is 2.41. The normalized spacial score (nSPS) is 11.6. The number of unbranched alkanes of at least 4 members (excludes halogenated alkanes) is 15. The summed E-state index contributed by atoms with van der Waals surface area (Å²) >= 11 is 6.33. The average molecular weight is 432 g/mol. The van der Waals surface area contributed by atoms with Gasteiger partial charge >= 0.3 is 0 Å². The fourth-order valence-electron chi connectivity index (χ4n) is 4.79. The fourth-order valence-corrected chi connectivity index (χ4v) is 5.19. The summed E-state index contributed by atoms with van der Waals surface area (Å²) in [5, 5.41) is 0. The van der Waals surface area contributed by atoms with Gasteiger partial charge in [0.05, 0.1) is 0 Å². The molecule has 0 amide bonds. The Labute approximate surface area is 191 Å². The summed E-state index contributed by atoms with van der Waals surface area (Å²) in [4.78, 5) is 0. The van der Waals surface area contributed by atoms with Gasteiger partial charge in [-0.2, -0.15) is 0 Å². The molecule has 0 heterocycles. The Hall–Kier alpha value is 0.250. The maximum Gasteiger partial charge on any atom is 0.0228 e. The predicted molar refractivity (Wildman–Crippen MR) is 137 cm³/mol. The molecule has 0 radical (unpaired) electrons. The summed E-state index contributed by atoms with van der Waals surface area (Å²) in [7, 11) is 0. The molecular formula is C27H58ClN. The third-order valence-electron chi connectivity index (χ3n) is 6.81. The Balaban J connectivity index is 0. The van der Waals surface area contributed by atoms with Gasteiger partial charge in [0.1, 0.15) is 0 Å². The summed E-state index contributed by atoms with van der Waals surface area (Å²) in [6.45, 7) is 6.94. The first kappa shape index (κ1) is 31.4. The molecule has 0 saturated heterocycles. The van der Waals surface area contributed by atoms with E-state index in [0.717, 1.165) is 5.88 Å². The predicted octanol–water partition coefficient (Wildman–Crippen LogP) is 11.0. The lowest BCUT2D eigenvalue weighted by atomic mass is 9.72. The molecule has 178 valence electrons. The summed E-state index contributed by atoms with van der Waals surface area (Å²) in [5.74, 6) is 0.863. The number of hydrogen-bond donors (Lipinski definition) is 1. The third-order valence-corrected chi connectivity index (χ3v) is 7.00. The quantitative estimate of drug-likeness (QED) is 0.126. The Morgan fingerprint density at radius 1 is 0.414 bits per heavy atom. The zero-order valence-corrected chi connectivity index (χ0v) is 21.6. The Kier molecular flexibility index (Phi) is 26.6. The Morgan fingerprint density at radius 2 is 0.690 bits per heavy atom. The van der Waals surface area contributed by atoms with Crippen LogP contribution in [0.2, 0.25) is 0 Å². The molecule has 2 heteroatoms. The van der Waals surface area contributed by atoms with Crippen molar-refractivity contribution in [2.75, 3.05) is 5.88 Å². The van der Waals surface area contributed by atoms with E-state index >= 15 is 0 Å². The van der Waals surface area contributed by atoms with Crippen LogP contribution in [0.3, 0.4) is 0 Å². The van der Waals surface area contributed by atoms with E-state index in [9.17, 15) is 0 Å². The van der Waals surface area contributed by atoms with Gasteiger partial charge in [0.25, 0.3) is 0 Å². The fraction of sp³-hybridized carbons (Fsp3) is 1.00. The van der Waals surface area contributed by atoms with Crippen molar-refractivity contribution in [3.05, 3.63) is 0 Å². The molecule has 0 aliphatic rings. The van der Waals surface area contributed by atoms with Crippen LogP contribution in [0.25, 0.3) is 0 Å². The SMILES string of the molecule is CCCCCCCCC(CCCl)(CCCCCCCC)CCCCCCCC.N. The molecule has 0 aromatic carbocycles. The van der Waals surface area contributed by atoms with Gasteiger partial charge in [-0.3, -0.25) is 0 Å². The first-order valence-corrected chi connectivity index (χ1v) is 13.8. The molecule has 0 rings (SSSR count). The van der Waals surface area contributed by atoms with Crippen molar-refractivity contribution in [3.63, 3.8) is 0 Å². The zero-order chi connectivity index (χ0) is 20.8. The molecule has 3 N–H and O–H groups in total. The van der Waals surface area contributed by atoms with Crippen molar-refractivity contribution in [1.29, 1.82) is 0 Å². The molecule has 0 unspecified atom stereocenters. The lowest BCUT2D eigenvalue weighted by Gasteiger charge is -2.34. The van der Waals surface area contributed by atoms with Crippen LogP contribution in [0.1, 0.15) is 162 Å². The summed E-state index contributed by atoms with van der Waals surface area (Å²) in [6, 6.07) is 0. The first-order valence-electron chi connectivity index (χ1n) is 13.3. The highest BCUT2D eigenvalue weighted by molar-refractivity contribution is 6.17. The van der Waals surface area contributed by atoms with Gasteiger partial charge in [-0.25, -0.2) is 0 Å². The molecule has 29 heavy (non-hydrogen) atoms. The van der Waals surface area contributed by atoms with Crippen LogP contribution >= 0.6 is 11.6 Å². The lowest BCUT2D eigenvalue weighted by molar-refractivity contribution is 0.187. The van der Waals surface area contributed by atoms with Gasteiger partial charge in [-0.05, 0) is 31.1 Å². The van der Waals surface area contributed by atoms with Gasteiger partial charge in [-0.1, -0.05) is 136 Å². The van der Waals surface area contributed by atoms with Gasteiger partial charge < -0.3 is 6.15 Å². The number of alkyl halides is 1. The van der Waals surface area contributed by atoms with Crippen molar-refractivity contribution >= 4 is 11.6 Å². The second kappa shape index (κ2) is 24.5. The molecule has 0 atom stereocenters. The molecule has 1 nitrogen and oxygen atoms in total. The number of halogens is 1. The van der Waals surface area contributed by atoms with Gasteiger partial charge in [0.2, 0.25) is 0 Å². The topological polar surface area (TPSA) is 35.0 Å². The summed E-state index contributed by atoms with van der Waals surface area (Å²) < 4.78 is 0. The van der Waals surface area contributed by atoms with Crippen LogP contribution in [0.4, 0.5) is 0 Å². The van der Waals surface area contributed by atoms with E-state index in [1.54, 1.807) is 0 Å². The molecule has 0 fully saturated rings. The van der Waals surface area contributed by atoms with E-state index in [2.05, 4.69) is 20.8 Å². The van der Waals surface area contributed by atoms with Gasteiger partial charge in [-0.15, -0.1) is 11.6 Å². The van der Waals surface area contributed by atoms with E-state index in [0.29, 0.717) is 5.41 Å². The van der Waals surface area contributed by atoms with Crippen molar-refractivity contribution in [2.45, 2.75) is 162 Å². The monoisotopic (exact) mass is 431 g/mol. The smallest absolute Gasteiger partial charge is 0.0228 e. The van der Waals surface area contributed by atoms with E-state index in [4.69, 9.17) is 11.6 Å². The van der Waals surface area contributed by atoms with Crippen LogP contribution in [-0.4, -0.2) is 5.88 Å². The maximum absolute atomic E-state index is 6.33. The highest BCUT2D eigenvalue weighted by Gasteiger charge is 2.28. The molecular weight excluding hydrogens is 374 g/mol. The lowest BCUT2D eigenvalue weighted by Crippen LogP contribution is -2.22. The van der Waals surface area contributed by atoms with Crippen LogP contribution < -0.4 is 6.15 Å². The maximum atomic E-state index is 6.33. The summed E-state index contributed by atoms with van der Waals surface area (Å²) in [6.07, 6.45) is 31.2. The third kappa shape index (κ3) is 19.9. The van der Waals surface area contributed by atoms with E-state index in [1.165, 1.54) is 141 Å². The van der Waals surface area contributed by atoms with Gasteiger partial charge in [0, 0.05) is 5.88 Å². The van der Waals surface area contributed by atoms with Crippen LogP contribution in [0.5, 0.6) is 0 Å². The van der Waals surface area contributed by atoms with Crippen molar-refractivity contribution in [3.8, 4) is 0 Å². The molecule has 0 aromatic rings. The first-order chi connectivity index (χ1) is 13.7. The molecule has 0 saturated carbocycles. The highest BCUT2D eigenvalue weighted by atomic mass is 35.5. The molecule has 0 aromatic heterocycles. The minimum atomic E-state index is 0. The molecule has 0 spiro atoms. The Morgan fingerprint density at radius 3 is 0.966 bits per heavy atom. The van der Waals surface area contributed by atoms with E-state index in [1.807, 2.05) is 0 Å². The van der Waals surface area contributed by atoms with Crippen molar-refractivity contribution in [1.82, 2.24) is 6.15 Å². The average Bonchev–Trinajstić information content (AvgIpc) is 2.70. The molecule has 0 bridgehead atoms. The zero-order valence-electron chi connectivity index (χ0n) is 20.8. The minimum absolute atomic E-state index is 0. The Bertz CT molecular complexity index is 251. The second-order valence-electron chi connectivity index (χ2n) is 9.49. The van der Waals surface area contributed by atoms with Crippen LogP contribution in [0.15, 0.2) is 0 Å². The number of rotatable bonds is 23. The van der Waals surface area contributed by atoms with Gasteiger partial charge in [0.15, 0.2) is 0 Å². The summed E-state index contributed by atoms with van der Waals surface area (Å²) in [5.41, 5.74) is 0.558. The second-order valence-corrected chi connectivity index (χ2v) is 9.87. The minimum Gasteiger partial charge on any atom is -0.344 e. The molecule has 0 aliphatic carbocycles. The standard InChI is InChI=1S/C27H55Cl.H3N/c1-4-7-10-13-16-19-22-27(25-26-28,23-20-17-14-11-8-5-2)24-21-18-15-12-9-6-3;/h4-26H2,1-3H3;1H3. The van der Waals surface area contributed by atoms with Crippen molar-refractivity contribution < 1.29 is 0 Å². The number of hydrogen-bond acceptors (Lipinski definition) is 1. The largest absolute Gasteiger partial charge is 0.344 e. The van der Waals surface area contributed by atoms with E-state index < -0.39 is 0 Å². The van der Waals surface area contributed by atoms with E-state index in [-0.39, 0.29) is 6.15 Å².